The molecule has 0 heterocycles. The van der Waals surface area contributed by atoms with Crippen molar-refractivity contribution in [3.63, 3.8) is 0 Å². The van der Waals surface area contributed by atoms with Gasteiger partial charge in [-0.25, -0.2) is 13.2 Å². The molecule has 0 saturated heterocycles. The number of allylic oxidation sites excluding steroid dienone is 4. The molecule has 2 aliphatic carbocycles. The Morgan fingerprint density at radius 2 is 1.63 bits per heavy atom. The zero-order valence-corrected chi connectivity index (χ0v) is 16.3. The molecular formula is C24H31F3. The van der Waals surface area contributed by atoms with Crippen LogP contribution in [0, 0.1) is 29.3 Å². The van der Waals surface area contributed by atoms with Crippen LogP contribution >= 0.6 is 0 Å². The molecule has 1 saturated carbocycles. The summed E-state index contributed by atoms with van der Waals surface area (Å²) in [4.78, 5) is 0. The Hall–Kier alpha value is -1.51. The molecule has 1 atom stereocenters. The molecule has 2 aliphatic rings. The first-order valence-corrected chi connectivity index (χ1v) is 10.6. The zero-order valence-electron chi connectivity index (χ0n) is 16.3. The van der Waals surface area contributed by atoms with E-state index in [4.69, 9.17) is 0 Å². The summed E-state index contributed by atoms with van der Waals surface area (Å²) in [6, 6.07) is 2.24. The van der Waals surface area contributed by atoms with Crippen LogP contribution in [0.15, 0.2) is 35.9 Å². The SMILES string of the molecule is CCCCCCC1CCC(C2=CCC(c3cc(F)c(F)c(F)c3)C=C2)CC1. The Balaban J connectivity index is 1.49. The Bertz CT molecular complexity index is 658. The number of hydrogen-bond acceptors (Lipinski definition) is 0. The van der Waals surface area contributed by atoms with Crippen LogP contribution in [0.25, 0.3) is 0 Å². The van der Waals surface area contributed by atoms with Crippen molar-refractivity contribution in [3.8, 4) is 0 Å². The maximum absolute atomic E-state index is 13.5. The molecule has 0 aromatic heterocycles. The molecule has 1 fully saturated rings. The average molecular weight is 377 g/mol. The first kappa shape index (κ1) is 20.2. The fraction of sp³-hybridized carbons (Fsp3) is 0.583. The van der Waals surface area contributed by atoms with E-state index >= 15 is 0 Å². The Kier molecular flexibility index (Phi) is 7.20. The van der Waals surface area contributed by atoms with Crippen molar-refractivity contribution in [3.05, 3.63) is 58.9 Å². The zero-order chi connectivity index (χ0) is 19.2. The smallest absolute Gasteiger partial charge is 0.194 e. The van der Waals surface area contributed by atoms with E-state index in [-0.39, 0.29) is 5.92 Å². The highest BCUT2D eigenvalue weighted by atomic mass is 19.2. The molecular weight excluding hydrogens is 345 g/mol. The number of hydrogen-bond donors (Lipinski definition) is 0. The summed E-state index contributed by atoms with van der Waals surface area (Å²) in [5.41, 5.74) is 1.88. The van der Waals surface area contributed by atoms with Gasteiger partial charge in [-0.1, -0.05) is 57.3 Å². The van der Waals surface area contributed by atoms with E-state index in [0.717, 1.165) is 24.5 Å². The molecule has 3 heteroatoms. The molecule has 0 amide bonds. The minimum Gasteiger partial charge on any atom is -0.204 e. The molecule has 0 aliphatic heterocycles. The summed E-state index contributed by atoms with van der Waals surface area (Å²) < 4.78 is 40.1. The van der Waals surface area contributed by atoms with Gasteiger partial charge in [-0.15, -0.1) is 0 Å². The van der Waals surface area contributed by atoms with Crippen molar-refractivity contribution in [1.29, 1.82) is 0 Å². The van der Waals surface area contributed by atoms with Crippen LogP contribution in [0.5, 0.6) is 0 Å². The minimum atomic E-state index is -1.39. The van der Waals surface area contributed by atoms with E-state index in [2.05, 4.69) is 19.1 Å². The van der Waals surface area contributed by atoms with Gasteiger partial charge < -0.3 is 0 Å². The molecule has 0 nitrogen and oxygen atoms in total. The normalized spacial score (nSPS) is 25.5. The monoisotopic (exact) mass is 376 g/mol. The lowest BCUT2D eigenvalue weighted by atomic mass is 9.75. The van der Waals surface area contributed by atoms with Crippen LogP contribution in [0.3, 0.4) is 0 Å². The summed E-state index contributed by atoms with van der Waals surface area (Å²) >= 11 is 0. The number of unbranched alkanes of at least 4 members (excludes halogenated alkanes) is 3. The minimum absolute atomic E-state index is 0.0757. The molecule has 0 radical (unpaired) electrons. The van der Waals surface area contributed by atoms with Crippen LogP contribution < -0.4 is 0 Å². The van der Waals surface area contributed by atoms with Crippen LogP contribution in [0.1, 0.15) is 82.6 Å². The van der Waals surface area contributed by atoms with Crippen LogP contribution in [0.4, 0.5) is 13.2 Å². The number of halogens is 3. The van der Waals surface area contributed by atoms with Gasteiger partial charge in [0, 0.05) is 5.92 Å². The van der Waals surface area contributed by atoms with E-state index in [1.54, 1.807) is 0 Å². The van der Waals surface area contributed by atoms with Crippen molar-refractivity contribution >= 4 is 0 Å². The highest BCUT2D eigenvalue weighted by Crippen LogP contribution is 2.39. The number of benzene rings is 1. The molecule has 1 aromatic carbocycles. The average Bonchev–Trinajstić information content (AvgIpc) is 2.70. The largest absolute Gasteiger partial charge is 0.204 e. The fourth-order valence-electron chi connectivity index (χ4n) is 4.62. The van der Waals surface area contributed by atoms with Gasteiger partial charge in [0.05, 0.1) is 0 Å². The second-order valence-corrected chi connectivity index (χ2v) is 8.27. The van der Waals surface area contributed by atoms with Gasteiger partial charge in [0.25, 0.3) is 0 Å². The second kappa shape index (κ2) is 9.61. The third-order valence-corrected chi connectivity index (χ3v) is 6.35. The molecule has 0 N–H and O–H groups in total. The third kappa shape index (κ3) is 5.27. The molecule has 3 rings (SSSR count). The van der Waals surface area contributed by atoms with E-state index in [9.17, 15) is 13.2 Å². The van der Waals surface area contributed by atoms with Crippen molar-refractivity contribution in [2.75, 3.05) is 0 Å². The first-order chi connectivity index (χ1) is 13.1. The third-order valence-electron chi connectivity index (χ3n) is 6.35. The summed E-state index contributed by atoms with van der Waals surface area (Å²) in [6.07, 6.45) is 19.0. The van der Waals surface area contributed by atoms with E-state index in [0.29, 0.717) is 11.5 Å². The van der Waals surface area contributed by atoms with Crippen LogP contribution in [-0.2, 0) is 0 Å². The highest BCUT2D eigenvalue weighted by molar-refractivity contribution is 5.35. The topological polar surface area (TPSA) is 0 Å². The quantitative estimate of drug-likeness (QED) is 0.336. The standard InChI is InChI=1S/C24H31F3/c1-2-3-4-5-6-17-7-9-18(10-8-17)19-11-13-20(14-12-19)21-15-22(25)24(27)23(26)16-21/h11-13,15-18,20H,2-10,14H2,1H3. The molecule has 1 unspecified atom stereocenters. The Morgan fingerprint density at radius 3 is 2.22 bits per heavy atom. The summed E-state index contributed by atoms with van der Waals surface area (Å²) in [7, 11) is 0. The highest BCUT2D eigenvalue weighted by Gasteiger charge is 2.24. The van der Waals surface area contributed by atoms with Crippen molar-refractivity contribution in [2.24, 2.45) is 11.8 Å². The lowest BCUT2D eigenvalue weighted by Crippen LogP contribution is -2.17. The Morgan fingerprint density at radius 1 is 0.926 bits per heavy atom. The maximum Gasteiger partial charge on any atom is 0.194 e. The summed E-state index contributed by atoms with van der Waals surface area (Å²) in [6.45, 7) is 2.25. The van der Waals surface area contributed by atoms with Crippen LogP contribution in [0.2, 0.25) is 0 Å². The molecule has 148 valence electrons. The Labute approximate surface area is 161 Å². The van der Waals surface area contributed by atoms with Gasteiger partial charge in [-0.3, -0.25) is 0 Å². The molecule has 27 heavy (non-hydrogen) atoms. The molecule has 0 spiro atoms. The van der Waals surface area contributed by atoms with Gasteiger partial charge in [0.2, 0.25) is 0 Å². The lowest BCUT2D eigenvalue weighted by Gasteiger charge is -2.31. The van der Waals surface area contributed by atoms with E-state index < -0.39 is 17.5 Å². The lowest BCUT2D eigenvalue weighted by molar-refractivity contribution is 0.283. The van der Waals surface area contributed by atoms with Crippen molar-refractivity contribution in [2.45, 2.75) is 77.0 Å². The second-order valence-electron chi connectivity index (χ2n) is 8.27. The van der Waals surface area contributed by atoms with Gasteiger partial charge in [0.1, 0.15) is 0 Å². The predicted octanol–water partition coefficient (Wildman–Crippen LogP) is 7.85. The maximum atomic E-state index is 13.5. The number of rotatable bonds is 7. The van der Waals surface area contributed by atoms with Gasteiger partial charge >= 0.3 is 0 Å². The van der Waals surface area contributed by atoms with Gasteiger partial charge in [-0.05, 0) is 67.2 Å². The van der Waals surface area contributed by atoms with Crippen LogP contribution in [-0.4, -0.2) is 0 Å². The van der Waals surface area contributed by atoms with Gasteiger partial charge in [-0.2, -0.15) is 0 Å². The molecule has 1 aromatic rings. The van der Waals surface area contributed by atoms with Crippen molar-refractivity contribution < 1.29 is 13.2 Å². The summed E-state index contributed by atoms with van der Waals surface area (Å²) in [5.74, 6) is -2.16. The van der Waals surface area contributed by atoms with E-state index in [1.807, 2.05) is 6.08 Å². The summed E-state index contributed by atoms with van der Waals surface area (Å²) in [5, 5.41) is 0. The van der Waals surface area contributed by atoms with Gasteiger partial charge in [0.15, 0.2) is 17.5 Å². The van der Waals surface area contributed by atoms with Crippen molar-refractivity contribution in [1.82, 2.24) is 0 Å². The predicted molar refractivity (Wildman–Crippen MR) is 105 cm³/mol. The molecule has 0 bridgehead atoms. The fourth-order valence-corrected chi connectivity index (χ4v) is 4.62. The van der Waals surface area contributed by atoms with E-state index in [1.165, 1.54) is 63.4 Å². The first-order valence-electron chi connectivity index (χ1n) is 10.6.